The Balaban J connectivity index is 2.35. The standard InChI is InChI=1S/C16H15Br2NO2/c1-2-8-3-4-13-10(5-8)14(16(20)21)11-6-9(17)7-12(18)15(11)19-13/h6-8H,2-5H2,1H3,(H,20,21). The lowest BCUT2D eigenvalue weighted by atomic mass is 9.82. The zero-order valence-electron chi connectivity index (χ0n) is 11.6. The van der Waals surface area contributed by atoms with Crippen molar-refractivity contribution in [3.8, 4) is 0 Å². The quantitative estimate of drug-likeness (QED) is 0.757. The van der Waals surface area contributed by atoms with E-state index in [1.807, 2.05) is 12.1 Å². The minimum absolute atomic E-state index is 0.426. The van der Waals surface area contributed by atoms with E-state index in [1.54, 1.807) is 0 Å². The third kappa shape index (κ3) is 2.61. The van der Waals surface area contributed by atoms with Crippen LogP contribution in [-0.4, -0.2) is 16.1 Å². The Bertz CT molecular complexity index is 743. The molecule has 110 valence electrons. The fourth-order valence-electron chi connectivity index (χ4n) is 3.13. The van der Waals surface area contributed by atoms with Gasteiger partial charge in [-0.05, 0) is 58.8 Å². The number of aromatic nitrogens is 1. The molecule has 1 atom stereocenters. The van der Waals surface area contributed by atoms with Crippen molar-refractivity contribution in [1.82, 2.24) is 4.98 Å². The van der Waals surface area contributed by atoms with Gasteiger partial charge in [0.05, 0.1) is 11.1 Å². The maximum Gasteiger partial charge on any atom is 0.336 e. The highest BCUT2D eigenvalue weighted by Crippen LogP contribution is 2.36. The van der Waals surface area contributed by atoms with Gasteiger partial charge in [0, 0.05) is 20.0 Å². The van der Waals surface area contributed by atoms with Crippen LogP contribution in [0.5, 0.6) is 0 Å². The number of hydrogen-bond acceptors (Lipinski definition) is 2. The van der Waals surface area contributed by atoms with Gasteiger partial charge in [-0.2, -0.15) is 0 Å². The lowest BCUT2D eigenvalue weighted by Gasteiger charge is -2.25. The number of benzene rings is 1. The largest absolute Gasteiger partial charge is 0.478 e. The molecule has 1 aromatic carbocycles. The maximum absolute atomic E-state index is 11.8. The Kier molecular flexibility index (Phi) is 4.06. The summed E-state index contributed by atoms with van der Waals surface area (Å²) >= 11 is 6.94. The first kappa shape index (κ1) is 15.0. The Morgan fingerprint density at radius 2 is 2.19 bits per heavy atom. The second-order valence-corrected chi connectivity index (χ2v) is 7.29. The number of nitrogens with zero attached hydrogens (tertiary/aromatic N) is 1. The van der Waals surface area contributed by atoms with Crippen molar-refractivity contribution in [3.63, 3.8) is 0 Å². The van der Waals surface area contributed by atoms with Gasteiger partial charge in [-0.25, -0.2) is 4.79 Å². The zero-order valence-corrected chi connectivity index (χ0v) is 14.8. The van der Waals surface area contributed by atoms with E-state index in [0.29, 0.717) is 16.9 Å². The molecule has 3 nitrogen and oxygen atoms in total. The molecule has 0 saturated heterocycles. The van der Waals surface area contributed by atoms with Gasteiger partial charge in [0.1, 0.15) is 0 Å². The van der Waals surface area contributed by atoms with Crippen molar-refractivity contribution in [3.05, 3.63) is 37.9 Å². The van der Waals surface area contributed by atoms with Gasteiger partial charge in [0.25, 0.3) is 0 Å². The van der Waals surface area contributed by atoms with Crippen LogP contribution in [0.2, 0.25) is 0 Å². The van der Waals surface area contributed by atoms with E-state index in [2.05, 4.69) is 38.8 Å². The molecule has 0 radical (unpaired) electrons. The van der Waals surface area contributed by atoms with Crippen LogP contribution < -0.4 is 0 Å². The zero-order chi connectivity index (χ0) is 15.1. The number of aromatic carboxylic acids is 1. The van der Waals surface area contributed by atoms with Crippen molar-refractivity contribution < 1.29 is 9.90 Å². The van der Waals surface area contributed by atoms with E-state index in [-0.39, 0.29) is 0 Å². The molecule has 0 aliphatic heterocycles. The Hall–Kier alpha value is -0.940. The number of aryl methyl sites for hydroxylation is 1. The molecule has 1 aliphatic rings. The van der Waals surface area contributed by atoms with Gasteiger partial charge in [0.2, 0.25) is 0 Å². The summed E-state index contributed by atoms with van der Waals surface area (Å²) in [5, 5.41) is 10.4. The summed E-state index contributed by atoms with van der Waals surface area (Å²) < 4.78 is 1.68. The highest BCUT2D eigenvalue weighted by atomic mass is 79.9. The Morgan fingerprint density at radius 3 is 2.86 bits per heavy atom. The average Bonchev–Trinajstić information content (AvgIpc) is 2.44. The number of carboxylic acids is 1. The van der Waals surface area contributed by atoms with Crippen LogP contribution in [0.3, 0.4) is 0 Å². The molecule has 0 spiro atoms. The maximum atomic E-state index is 11.8. The van der Waals surface area contributed by atoms with E-state index in [4.69, 9.17) is 4.98 Å². The normalized spacial score (nSPS) is 17.8. The van der Waals surface area contributed by atoms with Crippen LogP contribution in [0.4, 0.5) is 0 Å². The van der Waals surface area contributed by atoms with E-state index < -0.39 is 5.97 Å². The van der Waals surface area contributed by atoms with Crippen LogP contribution in [-0.2, 0) is 12.8 Å². The number of carbonyl (C=O) groups is 1. The summed E-state index contributed by atoms with van der Waals surface area (Å²) in [6.07, 6.45) is 3.86. The number of fused-ring (bicyclic) bond motifs is 2. The Labute approximate surface area is 140 Å². The minimum atomic E-state index is -0.861. The van der Waals surface area contributed by atoms with Crippen molar-refractivity contribution in [2.45, 2.75) is 32.6 Å². The summed E-state index contributed by atoms with van der Waals surface area (Å²) in [6, 6.07) is 3.76. The molecule has 0 fully saturated rings. The number of hydrogen-bond donors (Lipinski definition) is 1. The first-order valence-corrected chi connectivity index (χ1v) is 8.63. The molecule has 1 heterocycles. The highest BCUT2D eigenvalue weighted by molar-refractivity contribution is 9.11. The third-order valence-corrected chi connectivity index (χ3v) is 5.33. The Morgan fingerprint density at radius 1 is 1.43 bits per heavy atom. The molecule has 1 unspecified atom stereocenters. The molecule has 1 N–H and O–H groups in total. The molecule has 1 aliphatic carbocycles. The molecule has 3 rings (SSSR count). The van der Waals surface area contributed by atoms with Crippen LogP contribution in [0.25, 0.3) is 10.9 Å². The highest BCUT2D eigenvalue weighted by Gasteiger charge is 2.26. The molecule has 0 saturated carbocycles. The molecule has 5 heteroatoms. The van der Waals surface area contributed by atoms with Gasteiger partial charge in [-0.3, -0.25) is 4.98 Å². The van der Waals surface area contributed by atoms with E-state index in [9.17, 15) is 9.90 Å². The fourth-order valence-corrected chi connectivity index (χ4v) is 4.44. The summed E-state index contributed by atoms with van der Waals surface area (Å²) in [4.78, 5) is 16.6. The number of pyridine rings is 1. The predicted octanol–water partition coefficient (Wildman–Crippen LogP) is 4.97. The van der Waals surface area contributed by atoms with Gasteiger partial charge in [-0.1, -0.05) is 29.3 Å². The molecular weight excluding hydrogens is 398 g/mol. The lowest BCUT2D eigenvalue weighted by Crippen LogP contribution is -2.19. The number of carboxylic acid groups (broad SMARTS) is 1. The number of halogens is 2. The SMILES string of the molecule is CCC1CCc2nc3c(Br)cc(Br)cc3c(C(=O)O)c2C1. The van der Waals surface area contributed by atoms with Crippen LogP contribution in [0.1, 0.15) is 41.4 Å². The minimum Gasteiger partial charge on any atom is -0.478 e. The average molecular weight is 413 g/mol. The molecule has 0 amide bonds. The van der Waals surface area contributed by atoms with Crippen molar-refractivity contribution in [1.29, 1.82) is 0 Å². The molecular formula is C16H15Br2NO2. The van der Waals surface area contributed by atoms with Crippen molar-refractivity contribution in [2.24, 2.45) is 5.92 Å². The number of rotatable bonds is 2. The van der Waals surface area contributed by atoms with Gasteiger partial charge in [-0.15, -0.1) is 0 Å². The van der Waals surface area contributed by atoms with Crippen LogP contribution in [0.15, 0.2) is 21.1 Å². The smallest absolute Gasteiger partial charge is 0.336 e. The van der Waals surface area contributed by atoms with Crippen molar-refractivity contribution in [2.75, 3.05) is 0 Å². The van der Waals surface area contributed by atoms with E-state index in [1.165, 1.54) is 0 Å². The van der Waals surface area contributed by atoms with Crippen LogP contribution >= 0.6 is 31.9 Å². The van der Waals surface area contributed by atoms with E-state index >= 15 is 0 Å². The first-order valence-electron chi connectivity index (χ1n) is 7.05. The van der Waals surface area contributed by atoms with Gasteiger partial charge in [0.15, 0.2) is 0 Å². The summed E-state index contributed by atoms with van der Waals surface area (Å²) in [5.74, 6) is -0.300. The monoisotopic (exact) mass is 411 g/mol. The third-order valence-electron chi connectivity index (χ3n) is 4.27. The second kappa shape index (κ2) is 5.69. The second-order valence-electron chi connectivity index (χ2n) is 5.52. The van der Waals surface area contributed by atoms with Crippen LogP contribution in [0, 0.1) is 5.92 Å². The molecule has 2 aromatic rings. The van der Waals surface area contributed by atoms with Gasteiger partial charge >= 0.3 is 5.97 Å². The van der Waals surface area contributed by atoms with Crippen molar-refractivity contribution >= 4 is 48.7 Å². The van der Waals surface area contributed by atoms with Gasteiger partial charge < -0.3 is 5.11 Å². The fraction of sp³-hybridized carbons (Fsp3) is 0.375. The molecule has 1 aromatic heterocycles. The summed E-state index contributed by atoms with van der Waals surface area (Å²) in [7, 11) is 0. The molecule has 0 bridgehead atoms. The molecule has 21 heavy (non-hydrogen) atoms. The summed E-state index contributed by atoms with van der Waals surface area (Å²) in [6.45, 7) is 2.16. The lowest BCUT2D eigenvalue weighted by molar-refractivity contribution is 0.0697. The summed E-state index contributed by atoms with van der Waals surface area (Å²) in [5.41, 5.74) is 3.05. The first-order chi connectivity index (χ1) is 10.0. The predicted molar refractivity (Wildman–Crippen MR) is 89.9 cm³/mol. The van der Waals surface area contributed by atoms with E-state index in [0.717, 1.165) is 51.4 Å². The topological polar surface area (TPSA) is 50.2 Å².